The molecule has 0 radical (unpaired) electrons. The van der Waals surface area contributed by atoms with Gasteiger partial charge in [0.05, 0.1) is 20.3 Å². The molecule has 7 nitrogen and oxygen atoms in total. The Morgan fingerprint density at radius 3 is 2.04 bits per heavy atom. The highest BCUT2D eigenvalue weighted by Crippen LogP contribution is 2.28. The fourth-order valence-corrected chi connectivity index (χ4v) is 3.85. The Morgan fingerprint density at radius 2 is 1.52 bits per heavy atom. The van der Waals surface area contributed by atoms with Crippen molar-refractivity contribution in [2.75, 3.05) is 65.4 Å². The van der Waals surface area contributed by atoms with Crippen molar-refractivity contribution in [2.45, 2.75) is 25.8 Å². The van der Waals surface area contributed by atoms with Crippen molar-refractivity contribution < 1.29 is 9.47 Å². The lowest BCUT2D eigenvalue weighted by atomic mass is 9.89. The second-order valence-electron chi connectivity index (χ2n) is 7.16. The maximum atomic E-state index is 5.27. The maximum absolute atomic E-state index is 5.27. The molecule has 25 heavy (non-hydrogen) atoms. The van der Waals surface area contributed by atoms with Gasteiger partial charge in [-0.1, -0.05) is 0 Å². The van der Waals surface area contributed by atoms with Gasteiger partial charge in [-0.05, 0) is 32.7 Å². The fourth-order valence-electron chi connectivity index (χ4n) is 3.85. The van der Waals surface area contributed by atoms with Gasteiger partial charge in [0.25, 0.3) is 0 Å². The monoisotopic (exact) mass is 349 g/mol. The number of hydrogen-bond acceptors (Lipinski definition) is 7. The van der Waals surface area contributed by atoms with E-state index in [1.807, 2.05) is 0 Å². The van der Waals surface area contributed by atoms with Gasteiger partial charge in [0, 0.05) is 45.3 Å². The molecular weight excluding hydrogens is 318 g/mol. The predicted octanol–water partition coefficient (Wildman–Crippen LogP) is 1.35. The number of piperazine rings is 1. The molecule has 2 saturated heterocycles. The molecule has 2 fully saturated rings. The first-order chi connectivity index (χ1) is 12.1. The quantitative estimate of drug-likeness (QED) is 0.795. The minimum Gasteiger partial charge on any atom is -0.481 e. The van der Waals surface area contributed by atoms with Crippen LogP contribution in [0, 0.1) is 5.92 Å². The summed E-state index contributed by atoms with van der Waals surface area (Å²) in [6.45, 7) is 9.11. The minimum absolute atomic E-state index is 0.551. The summed E-state index contributed by atoms with van der Waals surface area (Å²) in [7, 11) is 5.45. The van der Waals surface area contributed by atoms with Crippen LogP contribution in [-0.2, 0) is 0 Å². The molecule has 0 bridgehead atoms. The van der Waals surface area contributed by atoms with Crippen LogP contribution in [-0.4, -0.2) is 86.3 Å². The Morgan fingerprint density at radius 1 is 0.960 bits per heavy atom. The van der Waals surface area contributed by atoms with Gasteiger partial charge in [-0.2, -0.15) is 9.97 Å². The van der Waals surface area contributed by atoms with Crippen molar-refractivity contribution in [3.05, 3.63) is 6.07 Å². The van der Waals surface area contributed by atoms with E-state index >= 15 is 0 Å². The molecule has 0 unspecified atom stereocenters. The van der Waals surface area contributed by atoms with E-state index in [2.05, 4.69) is 38.6 Å². The largest absolute Gasteiger partial charge is 0.481 e. The van der Waals surface area contributed by atoms with Gasteiger partial charge in [-0.3, -0.25) is 4.90 Å². The first-order valence-corrected chi connectivity index (χ1v) is 9.25. The fraction of sp³-hybridized carbons (Fsp3) is 0.778. The third-order valence-corrected chi connectivity index (χ3v) is 5.70. The lowest BCUT2D eigenvalue weighted by Crippen LogP contribution is -2.51. The topological polar surface area (TPSA) is 54.0 Å². The highest BCUT2D eigenvalue weighted by atomic mass is 16.5. The van der Waals surface area contributed by atoms with Crippen LogP contribution >= 0.6 is 0 Å². The highest BCUT2D eigenvalue weighted by Gasteiger charge is 2.30. The molecule has 7 heteroatoms. The van der Waals surface area contributed by atoms with Gasteiger partial charge < -0.3 is 19.3 Å². The van der Waals surface area contributed by atoms with Crippen LogP contribution in [0.5, 0.6) is 11.8 Å². The van der Waals surface area contributed by atoms with Crippen LogP contribution in [0.3, 0.4) is 0 Å². The Kier molecular flexibility index (Phi) is 5.96. The SMILES string of the molecule is COc1cc(OC)nc(N2CCC([C@H](C)N3CCN(C)CC3)CC2)n1. The van der Waals surface area contributed by atoms with E-state index < -0.39 is 0 Å². The summed E-state index contributed by atoms with van der Waals surface area (Å²) in [6, 6.07) is 2.36. The van der Waals surface area contributed by atoms with Crippen molar-refractivity contribution in [3.63, 3.8) is 0 Å². The zero-order chi connectivity index (χ0) is 17.8. The average molecular weight is 349 g/mol. The molecule has 140 valence electrons. The Hall–Kier alpha value is -1.60. The van der Waals surface area contributed by atoms with Crippen LogP contribution in [0.15, 0.2) is 6.07 Å². The lowest BCUT2D eigenvalue weighted by molar-refractivity contribution is 0.0813. The van der Waals surface area contributed by atoms with Crippen LogP contribution in [0.2, 0.25) is 0 Å². The zero-order valence-corrected chi connectivity index (χ0v) is 15.9. The molecule has 0 aromatic carbocycles. The zero-order valence-electron chi connectivity index (χ0n) is 15.9. The standard InChI is InChI=1S/C18H31N5O2/c1-14(22-11-9-21(2)10-12-22)15-5-7-23(8-6-15)18-19-16(24-3)13-17(20-18)25-4/h13-15H,5-12H2,1-4H3/t14-/m0/s1. The molecule has 0 spiro atoms. The Bertz CT molecular complexity index is 532. The molecule has 2 aliphatic rings. The average Bonchev–Trinajstić information content (AvgIpc) is 2.67. The van der Waals surface area contributed by atoms with Crippen molar-refractivity contribution >= 4 is 5.95 Å². The first kappa shape index (κ1) is 18.2. The molecule has 0 saturated carbocycles. The molecule has 0 aliphatic carbocycles. The molecule has 1 aromatic rings. The number of ether oxygens (including phenoxy) is 2. The second-order valence-corrected chi connectivity index (χ2v) is 7.16. The van der Waals surface area contributed by atoms with Crippen molar-refractivity contribution in [1.29, 1.82) is 0 Å². The molecule has 3 heterocycles. The summed E-state index contributed by atoms with van der Waals surface area (Å²) in [4.78, 5) is 16.3. The van der Waals surface area contributed by atoms with E-state index in [1.54, 1.807) is 20.3 Å². The van der Waals surface area contributed by atoms with E-state index in [1.165, 1.54) is 39.0 Å². The highest BCUT2D eigenvalue weighted by molar-refractivity contribution is 5.37. The normalized spacial score (nSPS) is 22.0. The Balaban J connectivity index is 1.58. The van der Waals surface area contributed by atoms with Crippen LogP contribution < -0.4 is 14.4 Å². The lowest BCUT2D eigenvalue weighted by Gasteiger charge is -2.42. The first-order valence-electron chi connectivity index (χ1n) is 9.25. The summed E-state index contributed by atoms with van der Waals surface area (Å²) in [5.74, 6) is 2.55. The van der Waals surface area contributed by atoms with Crippen molar-refractivity contribution in [2.24, 2.45) is 5.92 Å². The van der Waals surface area contributed by atoms with Crippen molar-refractivity contribution in [1.82, 2.24) is 19.8 Å². The van der Waals surface area contributed by atoms with Gasteiger partial charge in [0.1, 0.15) is 0 Å². The summed E-state index contributed by atoms with van der Waals surface area (Å²) < 4.78 is 10.5. The molecule has 0 N–H and O–H groups in total. The third kappa shape index (κ3) is 4.33. The molecule has 1 aromatic heterocycles. The number of likely N-dealkylation sites (N-methyl/N-ethyl adjacent to an activating group) is 1. The van der Waals surface area contributed by atoms with Crippen LogP contribution in [0.1, 0.15) is 19.8 Å². The van der Waals surface area contributed by atoms with E-state index in [9.17, 15) is 0 Å². The smallest absolute Gasteiger partial charge is 0.231 e. The van der Waals surface area contributed by atoms with Crippen LogP contribution in [0.4, 0.5) is 5.95 Å². The molecule has 1 atom stereocenters. The van der Waals surface area contributed by atoms with Gasteiger partial charge in [0.2, 0.25) is 17.7 Å². The van der Waals surface area contributed by atoms with E-state index in [0.717, 1.165) is 19.0 Å². The summed E-state index contributed by atoms with van der Waals surface area (Å²) in [6.07, 6.45) is 2.35. The summed E-state index contributed by atoms with van der Waals surface area (Å²) in [5, 5.41) is 0. The van der Waals surface area contributed by atoms with E-state index in [-0.39, 0.29) is 0 Å². The number of hydrogen-bond donors (Lipinski definition) is 0. The van der Waals surface area contributed by atoms with Gasteiger partial charge in [-0.25, -0.2) is 0 Å². The molecular formula is C18H31N5O2. The number of nitrogens with zero attached hydrogens (tertiary/aromatic N) is 5. The number of anilines is 1. The minimum atomic E-state index is 0.551. The summed E-state index contributed by atoms with van der Waals surface area (Å²) >= 11 is 0. The van der Waals surface area contributed by atoms with Crippen LogP contribution in [0.25, 0.3) is 0 Å². The number of rotatable bonds is 5. The predicted molar refractivity (Wildman–Crippen MR) is 98.6 cm³/mol. The maximum Gasteiger partial charge on any atom is 0.231 e. The summed E-state index contributed by atoms with van der Waals surface area (Å²) in [5.41, 5.74) is 0. The second kappa shape index (κ2) is 8.19. The third-order valence-electron chi connectivity index (χ3n) is 5.70. The van der Waals surface area contributed by atoms with Crippen molar-refractivity contribution in [3.8, 4) is 11.8 Å². The van der Waals surface area contributed by atoms with Gasteiger partial charge >= 0.3 is 0 Å². The Labute approximate surface area is 150 Å². The number of methoxy groups -OCH3 is 2. The molecule has 0 amide bonds. The molecule has 3 rings (SSSR count). The number of aromatic nitrogens is 2. The van der Waals surface area contributed by atoms with Gasteiger partial charge in [0.15, 0.2) is 0 Å². The van der Waals surface area contributed by atoms with E-state index in [4.69, 9.17) is 9.47 Å². The van der Waals surface area contributed by atoms with Gasteiger partial charge in [-0.15, -0.1) is 0 Å². The van der Waals surface area contributed by atoms with E-state index in [0.29, 0.717) is 23.8 Å². The molecule has 2 aliphatic heterocycles. The number of piperidine rings is 1.